The minimum absolute atomic E-state index is 0.392. The SMILES string of the molecule is CC.CC.COC1CCOC(C)C1. The number of rotatable bonds is 1. The number of hydrogen-bond acceptors (Lipinski definition) is 2. The highest BCUT2D eigenvalue weighted by Crippen LogP contribution is 2.14. The Bertz CT molecular complexity index is 84.2. The van der Waals surface area contributed by atoms with Crippen LogP contribution >= 0.6 is 0 Å². The summed E-state index contributed by atoms with van der Waals surface area (Å²) in [6.07, 6.45) is 2.94. The Kier molecular flexibility index (Phi) is 14.1. The molecule has 1 aliphatic heterocycles. The second-order valence-electron chi connectivity index (χ2n) is 2.56. The molecule has 0 saturated carbocycles. The van der Waals surface area contributed by atoms with Crippen molar-refractivity contribution in [3.63, 3.8) is 0 Å². The van der Waals surface area contributed by atoms with Gasteiger partial charge in [0, 0.05) is 13.7 Å². The molecule has 1 aliphatic rings. The van der Waals surface area contributed by atoms with E-state index in [-0.39, 0.29) is 0 Å². The molecule has 0 N–H and O–H groups in total. The first-order valence-corrected chi connectivity index (χ1v) is 5.47. The highest BCUT2D eigenvalue weighted by Gasteiger charge is 2.17. The normalized spacial score (nSPS) is 26.3. The summed E-state index contributed by atoms with van der Waals surface area (Å²) in [6.45, 7) is 10.9. The second kappa shape index (κ2) is 11.9. The Labute approximate surface area is 83.6 Å². The molecule has 1 fully saturated rings. The van der Waals surface area contributed by atoms with E-state index in [1.165, 1.54) is 0 Å². The molecule has 82 valence electrons. The molecule has 2 unspecified atom stereocenters. The zero-order valence-electron chi connectivity index (χ0n) is 10.1. The van der Waals surface area contributed by atoms with E-state index in [1.807, 2.05) is 27.7 Å². The maximum absolute atomic E-state index is 5.33. The largest absolute Gasteiger partial charge is 0.381 e. The molecule has 1 heterocycles. The minimum atomic E-state index is 0.392. The smallest absolute Gasteiger partial charge is 0.0617 e. The first kappa shape index (κ1) is 15.4. The Hall–Kier alpha value is -0.0800. The van der Waals surface area contributed by atoms with Crippen LogP contribution in [0.2, 0.25) is 0 Å². The third kappa shape index (κ3) is 8.26. The van der Waals surface area contributed by atoms with Crippen molar-refractivity contribution < 1.29 is 9.47 Å². The first-order chi connectivity index (χ1) is 6.33. The van der Waals surface area contributed by atoms with E-state index < -0.39 is 0 Å². The van der Waals surface area contributed by atoms with E-state index in [4.69, 9.17) is 9.47 Å². The van der Waals surface area contributed by atoms with Crippen molar-refractivity contribution in [2.45, 2.75) is 59.7 Å². The van der Waals surface area contributed by atoms with Crippen molar-refractivity contribution in [1.29, 1.82) is 0 Å². The molecule has 0 radical (unpaired) electrons. The first-order valence-electron chi connectivity index (χ1n) is 5.47. The van der Waals surface area contributed by atoms with Crippen molar-refractivity contribution in [1.82, 2.24) is 0 Å². The van der Waals surface area contributed by atoms with Gasteiger partial charge in [-0.15, -0.1) is 0 Å². The van der Waals surface area contributed by atoms with Crippen LogP contribution in [0.5, 0.6) is 0 Å². The molecule has 2 heteroatoms. The van der Waals surface area contributed by atoms with Crippen LogP contribution in [-0.4, -0.2) is 25.9 Å². The molecule has 0 aliphatic carbocycles. The standard InChI is InChI=1S/C7H14O2.2C2H6/c1-6-5-7(8-2)3-4-9-6;2*1-2/h6-7H,3-5H2,1-2H3;2*1-2H3. The second-order valence-corrected chi connectivity index (χ2v) is 2.56. The van der Waals surface area contributed by atoms with E-state index in [9.17, 15) is 0 Å². The highest BCUT2D eigenvalue weighted by atomic mass is 16.5. The van der Waals surface area contributed by atoms with E-state index in [2.05, 4.69) is 6.92 Å². The van der Waals surface area contributed by atoms with Gasteiger partial charge in [-0.2, -0.15) is 0 Å². The van der Waals surface area contributed by atoms with Gasteiger partial charge in [-0.3, -0.25) is 0 Å². The fraction of sp³-hybridized carbons (Fsp3) is 1.00. The summed E-state index contributed by atoms with van der Waals surface area (Å²) < 4.78 is 10.5. The fourth-order valence-corrected chi connectivity index (χ4v) is 1.17. The summed E-state index contributed by atoms with van der Waals surface area (Å²) >= 11 is 0. The van der Waals surface area contributed by atoms with E-state index in [0.717, 1.165) is 19.4 Å². The molecule has 1 saturated heterocycles. The molecular weight excluding hydrogens is 164 g/mol. The van der Waals surface area contributed by atoms with Gasteiger partial charge in [-0.1, -0.05) is 27.7 Å². The summed E-state index contributed by atoms with van der Waals surface area (Å²) in [5.74, 6) is 0. The maximum atomic E-state index is 5.33. The van der Waals surface area contributed by atoms with Crippen LogP contribution < -0.4 is 0 Å². The van der Waals surface area contributed by atoms with Gasteiger partial charge in [-0.05, 0) is 19.8 Å². The zero-order valence-corrected chi connectivity index (χ0v) is 10.1. The molecule has 0 bridgehead atoms. The summed E-state index contributed by atoms with van der Waals surface area (Å²) in [5.41, 5.74) is 0. The van der Waals surface area contributed by atoms with Crippen LogP contribution in [0.1, 0.15) is 47.5 Å². The summed E-state index contributed by atoms with van der Waals surface area (Å²) in [4.78, 5) is 0. The molecule has 0 aromatic rings. The molecule has 13 heavy (non-hydrogen) atoms. The van der Waals surface area contributed by atoms with Crippen LogP contribution in [0, 0.1) is 0 Å². The van der Waals surface area contributed by atoms with E-state index >= 15 is 0 Å². The lowest BCUT2D eigenvalue weighted by atomic mass is 10.1. The van der Waals surface area contributed by atoms with Crippen molar-refractivity contribution in [2.75, 3.05) is 13.7 Å². The molecule has 1 rings (SSSR count). The summed E-state index contributed by atoms with van der Waals surface area (Å²) in [6, 6.07) is 0. The molecule has 2 nitrogen and oxygen atoms in total. The van der Waals surface area contributed by atoms with E-state index in [1.54, 1.807) is 7.11 Å². The van der Waals surface area contributed by atoms with E-state index in [0.29, 0.717) is 12.2 Å². The Balaban J connectivity index is 0. The number of ether oxygens (including phenoxy) is 2. The quantitative estimate of drug-likeness (QED) is 0.632. The van der Waals surface area contributed by atoms with Crippen molar-refractivity contribution in [3.05, 3.63) is 0 Å². The summed E-state index contributed by atoms with van der Waals surface area (Å²) in [7, 11) is 1.77. The van der Waals surface area contributed by atoms with Gasteiger partial charge in [0.05, 0.1) is 12.2 Å². The number of methoxy groups -OCH3 is 1. The van der Waals surface area contributed by atoms with Gasteiger partial charge < -0.3 is 9.47 Å². The van der Waals surface area contributed by atoms with Crippen LogP contribution in [0.25, 0.3) is 0 Å². The third-order valence-corrected chi connectivity index (χ3v) is 1.77. The van der Waals surface area contributed by atoms with Gasteiger partial charge in [-0.25, -0.2) is 0 Å². The average Bonchev–Trinajstić information content (AvgIpc) is 2.24. The van der Waals surface area contributed by atoms with Gasteiger partial charge in [0.2, 0.25) is 0 Å². The average molecular weight is 190 g/mol. The van der Waals surface area contributed by atoms with Gasteiger partial charge >= 0.3 is 0 Å². The monoisotopic (exact) mass is 190 g/mol. The zero-order chi connectivity index (χ0) is 10.7. The molecule has 0 aromatic carbocycles. The predicted molar refractivity (Wildman–Crippen MR) is 58.1 cm³/mol. The van der Waals surface area contributed by atoms with Crippen LogP contribution in [0.15, 0.2) is 0 Å². The van der Waals surface area contributed by atoms with Crippen LogP contribution in [-0.2, 0) is 9.47 Å². The van der Waals surface area contributed by atoms with Crippen LogP contribution in [0.3, 0.4) is 0 Å². The molecule has 2 atom stereocenters. The Morgan fingerprint density at radius 2 is 1.69 bits per heavy atom. The minimum Gasteiger partial charge on any atom is -0.381 e. The highest BCUT2D eigenvalue weighted by molar-refractivity contribution is 4.67. The molecule has 0 amide bonds. The lowest BCUT2D eigenvalue weighted by Gasteiger charge is -2.25. The van der Waals surface area contributed by atoms with Gasteiger partial charge in [0.1, 0.15) is 0 Å². The lowest BCUT2D eigenvalue weighted by molar-refractivity contribution is -0.0503. The van der Waals surface area contributed by atoms with Crippen LogP contribution in [0.4, 0.5) is 0 Å². The maximum Gasteiger partial charge on any atom is 0.0617 e. The fourth-order valence-electron chi connectivity index (χ4n) is 1.17. The van der Waals surface area contributed by atoms with Crippen molar-refractivity contribution in [3.8, 4) is 0 Å². The predicted octanol–water partition coefficient (Wildman–Crippen LogP) is 3.25. The topological polar surface area (TPSA) is 18.5 Å². The third-order valence-electron chi connectivity index (χ3n) is 1.77. The Morgan fingerprint density at radius 1 is 1.15 bits per heavy atom. The van der Waals surface area contributed by atoms with Gasteiger partial charge in [0.15, 0.2) is 0 Å². The van der Waals surface area contributed by atoms with Crippen molar-refractivity contribution >= 4 is 0 Å². The van der Waals surface area contributed by atoms with Crippen molar-refractivity contribution in [2.24, 2.45) is 0 Å². The van der Waals surface area contributed by atoms with Gasteiger partial charge in [0.25, 0.3) is 0 Å². The Morgan fingerprint density at radius 3 is 2.00 bits per heavy atom. The number of hydrogen-bond donors (Lipinski definition) is 0. The molecule has 0 aromatic heterocycles. The lowest BCUT2D eigenvalue weighted by Crippen LogP contribution is -2.27. The molecule has 0 spiro atoms. The summed E-state index contributed by atoms with van der Waals surface area (Å²) in [5, 5.41) is 0. The molecular formula is C11H26O2.